The largest absolute Gasteiger partial charge is 0.378 e. The number of pyridine rings is 1. The summed E-state index contributed by atoms with van der Waals surface area (Å²) in [7, 11) is 0. The van der Waals surface area contributed by atoms with Gasteiger partial charge in [0.1, 0.15) is 24.3 Å². The third-order valence-electron chi connectivity index (χ3n) is 2.90. The molecular formula is C14H11F2N5. The first-order valence-electron chi connectivity index (χ1n) is 6.22. The van der Waals surface area contributed by atoms with Crippen LogP contribution in [0.25, 0.3) is 5.82 Å². The minimum absolute atomic E-state index is 0.136. The molecule has 0 bridgehead atoms. The fourth-order valence-corrected chi connectivity index (χ4v) is 1.90. The maximum atomic E-state index is 13.6. The van der Waals surface area contributed by atoms with Crippen molar-refractivity contribution >= 4 is 5.69 Å². The van der Waals surface area contributed by atoms with Crippen molar-refractivity contribution in [1.29, 1.82) is 0 Å². The SMILES string of the molecule is Fc1ccc(F)c(CNc2cccnc2-n2cncn2)c1. The smallest absolute Gasteiger partial charge is 0.178 e. The Bertz CT molecular complexity index is 743. The fourth-order valence-electron chi connectivity index (χ4n) is 1.90. The van der Waals surface area contributed by atoms with Gasteiger partial charge in [-0.2, -0.15) is 5.10 Å². The van der Waals surface area contributed by atoms with E-state index in [4.69, 9.17) is 0 Å². The summed E-state index contributed by atoms with van der Waals surface area (Å²) >= 11 is 0. The highest BCUT2D eigenvalue weighted by Crippen LogP contribution is 2.18. The van der Waals surface area contributed by atoms with Crippen LogP contribution in [0, 0.1) is 11.6 Å². The maximum Gasteiger partial charge on any atom is 0.178 e. The van der Waals surface area contributed by atoms with Crippen molar-refractivity contribution in [3.63, 3.8) is 0 Å². The number of nitrogens with one attached hydrogen (secondary N) is 1. The molecule has 106 valence electrons. The summed E-state index contributed by atoms with van der Waals surface area (Å²) in [6, 6.07) is 6.87. The molecule has 0 unspecified atom stereocenters. The summed E-state index contributed by atoms with van der Waals surface area (Å²) in [5, 5.41) is 7.03. The number of anilines is 1. The fraction of sp³-hybridized carbons (Fsp3) is 0.0714. The van der Waals surface area contributed by atoms with Gasteiger partial charge in [0.05, 0.1) is 5.69 Å². The third-order valence-corrected chi connectivity index (χ3v) is 2.90. The molecule has 3 aromatic rings. The summed E-state index contributed by atoms with van der Waals surface area (Å²) in [5.41, 5.74) is 0.884. The highest BCUT2D eigenvalue weighted by molar-refractivity contribution is 5.56. The molecule has 0 fully saturated rings. The Morgan fingerprint density at radius 3 is 2.90 bits per heavy atom. The lowest BCUT2D eigenvalue weighted by atomic mass is 10.2. The van der Waals surface area contributed by atoms with Crippen LogP contribution in [-0.4, -0.2) is 19.7 Å². The van der Waals surface area contributed by atoms with Crippen molar-refractivity contribution in [3.8, 4) is 5.82 Å². The average Bonchev–Trinajstić information content (AvgIpc) is 3.03. The number of aromatic nitrogens is 4. The summed E-state index contributed by atoms with van der Waals surface area (Å²) in [5.74, 6) is -0.405. The van der Waals surface area contributed by atoms with Gasteiger partial charge in [-0.3, -0.25) is 0 Å². The molecule has 1 N–H and O–H groups in total. The van der Waals surface area contributed by atoms with E-state index in [0.29, 0.717) is 11.5 Å². The number of halogens is 2. The summed E-state index contributed by atoms with van der Waals surface area (Å²) in [4.78, 5) is 8.06. The second-order valence-electron chi connectivity index (χ2n) is 4.30. The maximum absolute atomic E-state index is 13.6. The minimum atomic E-state index is -0.476. The predicted molar refractivity (Wildman–Crippen MR) is 72.8 cm³/mol. The Balaban J connectivity index is 1.84. The normalized spacial score (nSPS) is 10.6. The van der Waals surface area contributed by atoms with E-state index in [1.54, 1.807) is 18.3 Å². The quantitative estimate of drug-likeness (QED) is 0.801. The number of nitrogens with zero attached hydrogens (tertiary/aromatic N) is 4. The van der Waals surface area contributed by atoms with E-state index in [1.807, 2.05) is 0 Å². The predicted octanol–water partition coefficient (Wildman–Crippen LogP) is 2.55. The zero-order valence-corrected chi connectivity index (χ0v) is 10.9. The van der Waals surface area contributed by atoms with E-state index in [-0.39, 0.29) is 12.1 Å². The summed E-state index contributed by atoms with van der Waals surface area (Å²) < 4.78 is 28.2. The molecule has 0 atom stereocenters. The highest BCUT2D eigenvalue weighted by Gasteiger charge is 2.08. The van der Waals surface area contributed by atoms with Gasteiger partial charge in [-0.25, -0.2) is 23.4 Å². The first-order valence-corrected chi connectivity index (χ1v) is 6.22. The Morgan fingerprint density at radius 1 is 1.19 bits per heavy atom. The monoisotopic (exact) mass is 287 g/mol. The van der Waals surface area contributed by atoms with Gasteiger partial charge in [0.25, 0.3) is 0 Å². The number of rotatable bonds is 4. The number of benzene rings is 1. The van der Waals surface area contributed by atoms with Crippen molar-refractivity contribution < 1.29 is 8.78 Å². The van der Waals surface area contributed by atoms with E-state index in [9.17, 15) is 8.78 Å². The van der Waals surface area contributed by atoms with Gasteiger partial charge in [0, 0.05) is 18.3 Å². The molecule has 0 saturated heterocycles. The van der Waals surface area contributed by atoms with E-state index in [2.05, 4.69) is 20.4 Å². The van der Waals surface area contributed by atoms with E-state index in [0.717, 1.165) is 18.2 Å². The van der Waals surface area contributed by atoms with Crippen molar-refractivity contribution in [3.05, 3.63) is 66.4 Å². The van der Waals surface area contributed by atoms with Gasteiger partial charge in [-0.05, 0) is 30.3 Å². The molecule has 5 nitrogen and oxygen atoms in total. The molecule has 7 heteroatoms. The molecule has 3 rings (SSSR count). The van der Waals surface area contributed by atoms with Crippen LogP contribution in [0.3, 0.4) is 0 Å². The van der Waals surface area contributed by atoms with E-state index < -0.39 is 11.6 Å². The zero-order chi connectivity index (χ0) is 14.7. The Labute approximate surface area is 119 Å². The molecular weight excluding hydrogens is 276 g/mol. The second kappa shape index (κ2) is 5.66. The van der Waals surface area contributed by atoms with E-state index in [1.165, 1.54) is 17.3 Å². The van der Waals surface area contributed by atoms with Gasteiger partial charge < -0.3 is 5.32 Å². The Kier molecular flexibility index (Phi) is 3.55. The van der Waals surface area contributed by atoms with Gasteiger partial charge in [0.2, 0.25) is 0 Å². The second-order valence-corrected chi connectivity index (χ2v) is 4.30. The van der Waals surface area contributed by atoms with Crippen LogP contribution >= 0.6 is 0 Å². The minimum Gasteiger partial charge on any atom is -0.378 e. The van der Waals surface area contributed by atoms with Crippen molar-refractivity contribution in [2.24, 2.45) is 0 Å². The van der Waals surface area contributed by atoms with Gasteiger partial charge in [-0.1, -0.05) is 0 Å². The number of hydrogen-bond acceptors (Lipinski definition) is 4. The van der Waals surface area contributed by atoms with Gasteiger partial charge >= 0.3 is 0 Å². The van der Waals surface area contributed by atoms with Crippen LogP contribution in [0.4, 0.5) is 14.5 Å². The standard InChI is InChI=1S/C14H11F2N5/c15-11-3-4-12(16)10(6-11)7-19-13-2-1-5-18-14(13)21-9-17-8-20-21/h1-6,8-9,19H,7H2. The van der Waals surface area contributed by atoms with Crippen molar-refractivity contribution in [1.82, 2.24) is 19.7 Å². The average molecular weight is 287 g/mol. The zero-order valence-electron chi connectivity index (χ0n) is 10.9. The first kappa shape index (κ1) is 13.2. The van der Waals surface area contributed by atoms with Crippen LogP contribution in [0.5, 0.6) is 0 Å². The topological polar surface area (TPSA) is 55.6 Å². The lowest BCUT2D eigenvalue weighted by Gasteiger charge is -2.11. The van der Waals surface area contributed by atoms with Crippen LogP contribution in [0.1, 0.15) is 5.56 Å². The van der Waals surface area contributed by atoms with E-state index >= 15 is 0 Å². The van der Waals surface area contributed by atoms with Crippen molar-refractivity contribution in [2.75, 3.05) is 5.32 Å². The molecule has 0 radical (unpaired) electrons. The summed E-state index contributed by atoms with van der Waals surface area (Å²) in [6.45, 7) is 0.136. The number of hydrogen-bond donors (Lipinski definition) is 1. The van der Waals surface area contributed by atoms with Gasteiger partial charge in [0.15, 0.2) is 5.82 Å². The molecule has 2 aromatic heterocycles. The van der Waals surface area contributed by atoms with Crippen LogP contribution in [0.15, 0.2) is 49.2 Å². The van der Waals surface area contributed by atoms with Crippen LogP contribution in [0.2, 0.25) is 0 Å². The Morgan fingerprint density at radius 2 is 2.10 bits per heavy atom. The molecule has 0 saturated carbocycles. The molecule has 21 heavy (non-hydrogen) atoms. The molecule has 0 aliphatic carbocycles. The molecule has 0 amide bonds. The first-order chi connectivity index (χ1) is 10.2. The lowest BCUT2D eigenvalue weighted by molar-refractivity contribution is 0.587. The van der Waals surface area contributed by atoms with Crippen LogP contribution < -0.4 is 5.32 Å². The third kappa shape index (κ3) is 2.86. The highest BCUT2D eigenvalue weighted by atomic mass is 19.1. The molecule has 2 heterocycles. The molecule has 1 aromatic carbocycles. The summed E-state index contributed by atoms with van der Waals surface area (Å²) in [6.07, 6.45) is 4.52. The van der Waals surface area contributed by atoms with Gasteiger partial charge in [-0.15, -0.1) is 0 Å². The molecule has 0 spiro atoms. The lowest BCUT2D eigenvalue weighted by Crippen LogP contribution is -2.07. The Hall–Kier alpha value is -2.83. The molecule has 0 aliphatic rings. The van der Waals surface area contributed by atoms with Crippen molar-refractivity contribution in [2.45, 2.75) is 6.54 Å². The van der Waals surface area contributed by atoms with Crippen LogP contribution in [-0.2, 0) is 6.54 Å². The molecule has 0 aliphatic heterocycles.